The van der Waals surface area contributed by atoms with Crippen LogP contribution in [0, 0.1) is 5.92 Å². The summed E-state index contributed by atoms with van der Waals surface area (Å²) in [5.41, 5.74) is 0. The minimum Gasteiger partial charge on any atom is -0.460 e. The van der Waals surface area contributed by atoms with Crippen molar-refractivity contribution < 1.29 is 32.0 Å². The number of esters is 1. The molecule has 1 aromatic heterocycles. The van der Waals surface area contributed by atoms with Gasteiger partial charge in [-0.15, -0.1) is 0 Å². The number of ether oxygens (including phenoxy) is 1. The van der Waals surface area contributed by atoms with Crippen LogP contribution >= 0.6 is 0 Å². The molecule has 1 aliphatic carbocycles. The second-order valence-corrected chi connectivity index (χ2v) is 10.0. The van der Waals surface area contributed by atoms with E-state index in [1.165, 1.54) is 22.9 Å². The predicted octanol–water partition coefficient (Wildman–Crippen LogP) is 1.42. The largest absolute Gasteiger partial charge is 0.460 e. The van der Waals surface area contributed by atoms with E-state index in [1.54, 1.807) is 6.92 Å². The summed E-state index contributed by atoms with van der Waals surface area (Å²) in [6.07, 6.45) is 6.04. The van der Waals surface area contributed by atoms with E-state index in [0.717, 1.165) is 25.7 Å². The Kier molecular flexibility index (Phi) is 8.30. The van der Waals surface area contributed by atoms with Gasteiger partial charge in [0.25, 0.3) is 10.0 Å². The van der Waals surface area contributed by atoms with Crippen LogP contribution in [0.3, 0.4) is 0 Å². The maximum atomic E-state index is 12.8. The average molecular weight is 470 g/mol. The van der Waals surface area contributed by atoms with Crippen molar-refractivity contribution in [2.24, 2.45) is 5.92 Å². The van der Waals surface area contributed by atoms with Gasteiger partial charge in [-0.25, -0.2) is 13.2 Å². The predicted molar refractivity (Wildman–Crippen MR) is 114 cm³/mol. The second-order valence-electron chi connectivity index (χ2n) is 8.14. The number of furan rings is 1. The summed E-state index contributed by atoms with van der Waals surface area (Å²) in [6.45, 7) is 2.01. The first-order valence-corrected chi connectivity index (χ1v) is 12.6. The highest BCUT2D eigenvalue weighted by Crippen LogP contribution is 2.25. The number of hydrogen-bond donors (Lipinski definition) is 2. The highest BCUT2D eigenvalue weighted by molar-refractivity contribution is 7.89. The standard InChI is InChI=1S/C21H31N3O7S/c1-2-30-21(27)17-8-9-19(31-17)32(28,29)24-12-10-15(11-13-24)20(26)22-14-18(25)23-16-6-4-3-5-7-16/h8-9,15-16H,2-7,10-14H2,1H3,(H,22,26)(H,23,25). The molecule has 1 saturated carbocycles. The van der Waals surface area contributed by atoms with Crippen molar-refractivity contribution in [3.8, 4) is 0 Å². The monoisotopic (exact) mass is 469 g/mol. The van der Waals surface area contributed by atoms with E-state index in [9.17, 15) is 22.8 Å². The van der Waals surface area contributed by atoms with E-state index in [2.05, 4.69) is 10.6 Å². The molecule has 0 bridgehead atoms. The molecule has 0 atom stereocenters. The van der Waals surface area contributed by atoms with E-state index in [4.69, 9.17) is 9.15 Å². The summed E-state index contributed by atoms with van der Waals surface area (Å²) >= 11 is 0. The lowest BCUT2D eigenvalue weighted by atomic mass is 9.95. The van der Waals surface area contributed by atoms with Crippen LogP contribution < -0.4 is 10.6 Å². The topological polar surface area (TPSA) is 135 Å². The smallest absolute Gasteiger partial charge is 0.374 e. The van der Waals surface area contributed by atoms with Gasteiger partial charge in [-0.2, -0.15) is 4.31 Å². The molecule has 3 rings (SSSR count). The van der Waals surface area contributed by atoms with Gasteiger partial charge in [-0.3, -0.25) is 9.59 Å². The molecular weight excluding hydrogens is 438 g/mol. The molecule has 0 radical (unpaired) electrons. The Bertz CT molecular complexity index is 914. The molecule has 1 aliphatic heterocycles. The fourth-order valence-electron chi connectivity index (χ4n) is 4.09. The number of rotatable bonds is 8. The zero-order chi connectivity index (χ0) is 23.1. The molecule has 2 amide bonds. The first-order valence-electron chi connectivity index (χ1n) is 11.2. The zero-order valence-electron chi connectivity index (χ0n) is 18.3. The number of sulfonamides is 1. The van der Waals surface area contributed by atoms with E-state index in [0.29, 0.717) is 12.8 Å². The number of amides is 2. The van der Waals surface area contributed by atoms with Gasteiger partial charge in [0.1, 0.15) is 0 Å². The first-order chi connectivity index (χ1) is 15.3. The maximum absolute atomic E-state index is 12.8. The van der Waals surface area contributed by atoms with Crippen molar-refractivity contribution in [2.75, 3.05) is 26.2 Å². The molecule has 0 aromatic carbocycles. The molecule has 11 heteroatoms. The van der Waals surface area contributed by atoms with Gasteiger partial charge in [0.05, 0.1) is 13.2 Å². The number of carbonyl (C=O) groups excluding carboxylic acids is 3. The van der Waals surface area contributed by atoms with E-state index in [-0.39, 0.29) is 60.9 Å². The lowest BCUT2D eigenvalue weighted by Gasteiger charge is -2.29. The van der Waals surface area contributed by atoms with Crippen LogP contribution in [0.15, 0.2) is 21.6 Å². The number of piperidine rings is 1. The highest BCUT2D eigenvalue weighted by Gasteiger charge is 2.34. The number of nitrogens with one attached hydrogen (secondary N) is 2. The third-order valence-electron chi connectivity index (χ3n) is 5.87. The van der Waals surface area contributed by atoms with Crippen LogP contribution in [-0.2, 0) is 24.3 Å². The Balaban J connectivity index is 1.46. The quantitative estimate of drug-likeness (QED) is 0.550. The Morgan fingerprint density at radius 1 is 1.09 bits per heavy atom. The van der Waals surface area contributed by atoms with Crippen molar-refractivity contribution in [1.82, 2.24) is 14.9 Å². The first kappa shape index (κ1) is 24.2. The van der Waals surface area contributed by atoms with E-state index in [1.807, 2.05) is 0 Å². The number of carbonyl (C=O) groups is 3. The average Bonchev–Trinajstić information content (AvgIpc) is 3.30. The molecule has 2 N–H and O–H groups in total. The number of hydrogen-bond acceptors (Lipinski definition) is 7. The normalized spacial score (nSPS) is 18.8. The SMILES string of the molecule is CCOC(=O)c1ccc(S(=O)(=O)N2CCC(C(=O)NCC(=O)NC3CCCCC3)CC2)o1. The van der Waals surface area contributed by atoms with Crippen molar-refractivity contribution >= 4 is 27.8 Å². The van der Waals surface area contributed by atoms with Crippen LogP contribution in [0.1, 0.15) is 62.4 Å². The van der Waals surface area contributed by atoms with Gasteiger partial charge in [-0.1, -0.05) is 19.3 Å². The molecule has 2 heterocycles. The van der Waals surface area contributed by atoms with Crippen molar-refractivity contribution in [3.05, 3.63) is 17.9 Å². The van der Waals surface area contributed by atoms with Crippen LogP contribution in [0.25, 0.3) is 0 Å². The molecule has 178 valence electrons. The summed E-state index contributed by atoms with van der Waals surface area (Å²) in [6, 6.07) is 2.68. The van der Waals surface area contributed by atoms with Gasteiger partial charge in [0.2, 0.25) is 22.7 Å². The maximum Gasteiger partial charge on any atom is 0.374 e. The summed E-state index contributed by atoms with van der Waals surface area (Å²) in [5, 5.41) is 5.29. The summed E-state index contributed by atoms with van der Waals surface area (Å²) < 4.78 is 36.8. The third-order valence-corrected chi connectivity index (χ3v) is 7.64. The Morgan fingerprint density at radius 2 is 1.78 bits per heavy atom. The Morgan fingerprint density at radius 3 is 2.44 bits per heavy atom. The van der Waals surface area contributed by atoms with Crippen LogP contribution in [-0.4, -0.2) is 62.8 Å². The fraction of sp³-hybridized carbons (Fsp3) is 0.667. The molecule has 1 aromatic rings. The van der Waals surface area contributed by atoms with Gasteiger partial charge < -0.3 is 19.8 Å². The summed E-state index contributed by atoms with van der Waals surface area (Å²) in [5.74, 6) is -1.71. The molecule has 0 spiro atoms. The zero-order valence-corrected chi connectivity index (χ0v) is 19.1. The minimum atomic E-state index is -3.92. The number of nitrogens with zero attached hydrogens (tertiary/aromatic N) is 1. The Hall–Kier alpha value is -2.40. The Labute approximate surface area is 188 Å². The molecule has 0 unspecified atom stereocenters. The van der Waals surface area contributed by atoms with Gasteiger partial charge >= 0.3 is 5.97 Å². The van der Waals surface area contributed by atoms with E-state index < -0.39 is 16.0 Å². The molecule has 2 aliphatic rings. The molecule has 32 heavy (non-hydrogen) atoms. The summed E-state index contributed by atoms with van der Waals surface area (Å²) in [7, 11) is -3.92. The molecule has 1 saturated heterocycles. The summed E-state index contributed by atoms with van der Waals surface area (Å²) in [4.78, 5) is 36.2. The lowest BCUT2D eigenvalue weighted by Crippen LogP contribution is -2.46. The second kappa shape index (κ2) is 11.0. The van der Waals surface area contributed by atoms with Crippen LogP contribution in [0.5, 0.6) is 0 Å². The van der Waals surface area contributed by atoms with Gasteiger partial charge in [-0.05, 0) is 44.7 Å². The van der Waals surface area contributed by atoms with Gasteiger partial charge in [0.15, 0.2) is 0 Å². The van der Waals surface area contributed by atoms with Crippen molar-refractivity contribution in [1.29, 1.82) is 0 Å². The third kappa shape index (κ3) is 6.10. The van der Waals surface area contributed by atoms with Crippen LogP contribution in [0.2, 0.25) is 0 Å². The van der Waals surface area contributed by atoms with Crippen molar-refractivity contribution in [3.63, 3.8) is 0 Å². The van der Waals surface area contributed by atoms with Crippen molar-refractivity contribution in [2.45, 2.75) is 63.0 Å². The molecule has 10 nitrogen and oxygen atoms in total. The van der Waals surface area contributed by atoms with Crippen LogP contribution in [0.4, 0.5) is 0 Å². The minimum absolute atomic E-state index is 0.0725. The van der Waals surface area contributed by atoms with E-state index >= 15 is 0 Å². The van der Waals surface area contributed by atoms with Gasteiger partial charge in [0, 0.05) is 25.0 Å². The lowest BCUT2D eigenvalue weighted by molar-refractivity contribution is -0.129. The molecular formula is C21H31N3O7S. The fourth-order valence-corrected chi connectivity index (χ4v) is 5.47. The molecule has 2 fully saturated rings. The highest BCUT2D eigenvalue weighted by atomic mass is 32.2.